The van der Waals surface area contributed by atoms with Crippen LogP contribution >= 0.6 is 0 Å². The normalized spacial score (nSPS) is 11.4. The van der Waals surface area contributed by atoms with Crippen LogP contribution in [0.1, 0.15) is 16.8 Å². The quantitative estimate of drug-likeness (QED) is 0.730. The summed E-state index contributed by atoms with van der Waals surface area (Å²) in [5.41, 5.74) is 3.77. The summed E-state index contributed by atoms with van der Waals surface area (Å²) in [4.78, 5) is 0.0338. The van der Waals surface area contributed by atoms with Crippen LogP contribution in [-0.2, 0) is 10.0 Å². The number of anilines is 1. The van der Waals surface area contributed by atoms with Gasteiger partial charge in [-0.25, -0.2) is 8.42 Å². The summed E-state index contributed by atoms with van der Waals surface area (Å²) < 4.78 is 39.0. The molecule has 0 atom stereocenters. The number of benzene rings is 2. The monoisotopic (exact) mass is 372 g/mol. The molecule has 1 aromatic heterocycles. The molecule has 136 valence electrons. The third-order valence-electron chi connectivity index (χ3n) is 4.18. The Morgan fingerprint density at radius 1 is 1.04 bits per heavy atom. The summed E-state index contributed by atoms with van der Waals surface area (Å²) in [6, 6.07) is 12.0. The van der Waals surface area contributed by atoms with E-state index in [-0.39, 0.29) is 10.6 Å². The van der Waals surface area contributed by atoms with Crippen molar-refractivity contribution in [3.8, 4) is 17.1 Å². The van der Waals surface area contributed by atoms with E-state index in [0.717, 1.165) is 16.8 Å². The van der Waals surface area contributed by atoms with Gasteiger partial charge in [0.2, 0.25) is 0 Å². The lowest BCUT2D eigenvalue weighted by atomic mass is 10.1. The Balaban J connectivity index is 2.05. The summed E-state index contributed by atoms with van der Waals surface area (Å²) in [7, 11) is -2.41. The molecular formula is C19H20N2O4S. The second-order valence-corrected chi connectivity index (χ2v) is 7.71. The number of aromatic nitrogens is 1. The van der Waals surface area contributed by atoms with Crippen LogP contribution in [0.3, 0.4) is 0 Å². The van der Waals surface area contributed by atoms with E-state index in [1.807, 2.05) is 32.9 Å². The van der Waals surface area contributed by atoms with Gasteiger partial charge in [0.05, 0.1) is 12.8 Å². The van der Waals surface area contributed by atoms with Crippen molar-refractivity contribution in [2.45, 2.75) is 25.7 Å². The van der Waals surface area contributed by atoms with Gasteiger partial charge in [-0.3, -0.25) is 4.72 Å². The van der Waals surface area contributed by atoms with Gasteiger partial charge in [0.25, 0.3) is 10.0 Å². The number of nitrogens with one attached hydrogen (secondary N) is 1. The number of hydrogen-bond donors (Lipinski definition) is 1. The minimum absolute atomic E-state index is 0.0338. The first-order chi connectivity index (χ1) is 12.3. The van der Waals surface area contributed by atoms with Crippen LogP contribution in [0, 0.1) is 20.8 Å². The van der Waals surface area contributed by atoms with Gasteiger partial charge in [-0.05, 0) is 51.1 Å². The molecule has 0 aliphatic heterocycles. The molecule has 2 aromatic carbocycles. The number of hydrogen-bond acceptors (Lipinski definition) is 5. The van der Waals surface area contributed by atoms with Gasteiger partial charge in [0, 0.05) is 16.8 Å². The van der Waals surface area contributed by atoms with Crippen molar-refractivity contribution in [2.24, 2.45) is 0 Å². The highest BCUT2D eigenvalue weighted by atomic mass is 32.2. The molecule has 7 heteroatoms. The maximum atomic E-state index is 12.9. The van der Waals surface area contributed by atoms with E-state index in [9.17, 15) is 8.42 Å². The molecule has 0 aliphatic carbocycles. The molecule has 0 unspecified atom stereocenters. The maximum Gasteiger partial charge on any atom is 0.265 e. The minimum Gasteiger partial charge on any atom is -0.495 e. The number of ether oxygens (including phenoxy) is 1. The Labute approximate surface area is 152 Å². The molecule has 0 aliphatic rings. The molecule has 0 amide bonds. The molecule has 0 radical (unpaired) electrons. The van der Waals surface area contributed by atoms with Crippen molar-refractivity contribution in [3.05, 3.63) is 59.3 Å². The van der Waals surface area contributed by atoms with Crippen LogP contribution in [0.2, 0.25) is 0 Å². The molecular weight excluding hydrogens is 352 g/mol. The smallest absolute Gasteiger partial charge is 0.265 e. The van der Waals surface area contributed by atoms with Gasteiger partial charge in [-0.2, -0.15) is 0 Å². The number of rotatable bonds is 5. The summed E-state index contributed by atoms with van der Waals surface area (Å²) in [6.45, 7) is 5.65. The molecule has 6 nitrogen and oxygen atoms in total. The Bertz CT molecular complexity index is 1040. The van der Waals surface area contributed by atoms with E-state index in [0.29, 0.717) is 17.0 Å². The van der Waals surface area contributed by atoms with Crippen molar-refractivity contribution < 1.29 is 17.7 Å². The Morgan fingerprint density at radius 3 is 2.31 bits per heavy atom. The third kappa shape index (κ3) is 3.43. The predicted molar refractivity (Wildman–Crippen MR) is 100.0 cm³/mol. The molecule has 1 N–H and O–H groups in total. The Kier molecular flexibility index (Phi) is 4.73. The molecule has 3 aromatic rings. The Hall–Kier alpha value is -2.80. The lowest BCUT2D eigenvalue weighted by Gasteiger charge is -2.13. The van der Waals surface area contributed by atoms with Crippen LogP contribution in [0.4, 0.5) is 5.69 Å². The van der Waals surface area contributed by atoms with Crippen molar-refractivity contribution in [1.29, 1.82) is 0 Å². The summed E-state index contributed by atoms with van der Waals surface area (Å²) >= 11 is 0. The summed E-state index contributed by atoms with van der Waals surface area (Å²) in [5.74, 6) is 0.791. The zero-order valence-electron chi connectivity index (χ0n) is 15.0. The molecule has 3 rings (SSSR count). The van der Waals surface area contributed by atoms with E-state index >= 15 is 0 Å². The van der Waals surface area contributed by atoms with Gasteiger partial charge in [-0.15, -0.1) is 0 Å². The molecule has 0 saturated carbocycles. The van der Waals surface area contributed by atoms with Gasteiger partial charge in [-0.1, -0.05) is 22.9 Å². The van der Waals surface area contributed by atoms with Crippen LogP contribution < -0.4 is 9.46 Å². The zero-order valence-corrected chi connectivity index (χ0v) is 15.8. The molecule has 0 spiro atoms. The fourth-order valence-corrected chi connectivity index (χ4v) is 3.80. The fraction of sp³-hybridized carbons (Fsp3) is 0.211. The van der Waals surface area contributed by atoms with Crippen molar-refractivity contribution >= 4 is 15.7 Å². The Morgan fingerprint density at radius 2 is 1.73 bits per heavy atom. The maximum absolute atomic E-state index is 12.9. The summed E-state index contributed by atoms with van der Waals surface area (Å²) in [5, 5.41) is 3.93. The lowest BCUT2D eigenvalue weighted by Crippen LogP contribution is -2.14. The van der Waals surface area contributed by atoms with E-state index in [4.69, 9.17) is 9.26 Å². The average molecular weight is 372 g/mol. The van der Waals surface area contributed by atoms with Crippen molar-refractivity contribution in [3.63, 3.8) is 0 Å². The minimum atomic E-state index is -3.84. The van der Waals surface area contributed by atoms with Gasteiger partial charge in [0.1, 0.15) is 10.6 Å². The second kappa shape index (κ2) is 6.84. The van der Waals surface area contributed by atoms with Crippen LogP contribution in [0.15, 0.2) is 51.9 Å². The van der Waals surface area contributed by atoms with E-state index in [2.05, 4.69) is 9.88 Å². The van der Waals surface area contributed by atoms with Crippen LogP contribution in [-0.4, -0.2) is 20.7 Å². The van der Waals surface area contributed by atoms with Gasteiger partial charge < -0.3 is 9.26 Å². The number of aryl methyl sites for hydroxylation is 2. The van der Waals surface area contributed by atoms with E-state index < -0.39 is 10.0 Å². The van der Waals surface area contributed by atoms with Gasteiger partial charge in [0.15, 0.2) is 5.76 Å². The first-order valence-electron chi connectivity index (χ1n) is 8.02. The molecule has 0 fully saturated rings. The standard InChI is InChI=1S/C19H20N2O4S/c1-12-5-8-16(9-6-12)21-26(22,23)18-11-15(7-10-17(18)24-4)19-13(2)14(3)20-25-19/h5-11,21H,1-4H3. The summed E-state index contributed by atoms with van der Waals surface area (Å²) in [6.07, 6.45) is 0. The second-order valence-electron chi connectivity index (χ2n) is 6.06. The van der Waals surface area contributed by atoms with E-state index in [1.165, 1.54) is 13.2 Å². The van der Waals surface area contributed by atoms with E-state index in [1.54, 1.807) is 24.3 Å². The largest absolute Gasteiger partial charge is 0.495 e. The van der Waals surface area contributed by atoms with Gasteiger partial charge >= 0.3 is 0 Å². The van der Waals surface area contributed by atoms with Crippen LogP contribution in [0.5, 0.6) is 5.75 Å². The molecule has 26 heavy (non-hydrogen) atoms. The first kappa shape index (κ1) is 18.0. The molecule has 0 saturated heterocycles. The van der Waals surface area contributed by atoms with Crippen molar-refractivity contribution in [2.75, 3.05) is 11.8 Å². The topological polar surface area (TPSA) is 81.4 Å². The highest BCUT2D eigenvalue weighted by Crippen LogP contribution is 2.33. The first-order valence-corrected chi connectivity index (χ1v) is 9.51. The highest BCUT2D eigenvalue weighted by molar-refractivity contribution is 7.92. The molecule has 0 bridgehead atoms. The predicted octanol–water partition coefficient (Wildman–Crippen LogP) is 4.08. The third-order valence-corrected chi connectivity index (χ3v) is 5.58. The number of nitrogens with zero attached hydrogens (tertiary/aromatic N) is 1. The number of sulfonamides is 1. The average Bonchev–Trinajstić information content (AvgIpc) is 2.95. The van der Waals surface area contributed by atoms with Crippen LogP contribution in [0.25, 0.3) is 11.3 Å². The molecule has 1 heterocycles. The number of methoxy groups -OCH3 is 1. The SMILES string of the molecule is COc1ccc(-c2onc(C)c2C)cc1S(=O)(=O)Nc1ccc(C)cc1. The zero-order chi connectivity index (χ0) is 18.9. The highest BCUT2D eigenvalue weighted by Gasteiger charge is 2.22. The lowest BCUT2D eigenvalue weighted by molar-refractivity contribution is 0.402. The fourth-order valence-electron chi connectivity index (χ4n) is 2.54. The van der Waals surface area contributed by atoms with Crippen molar-refractivity contribution in [1.82, 2.24) is 5.16 Å².